The van der Waals surface area contributed by atoms with E-state index in [1.807, 2.05) is 0 Å². The number of hydrogen-bond acceptors (Lipinski definition) is 3. The standard InChI is InChI=1S/C12H13BrN2O3/c1-12(11(17)18)6-3-7-15(12)10(16)8-4-2-5-9(13)14-8/h2,4-5H,3,6-7H2,1H3,(H,17,18). The zero-order valence-electron chi connectivity index (χ0n) is 9.89. The molecule has 5 nitrogen and oxygen atoms in total. The number of aromatic nitrogens is 1. The van der Waals surface area contributed by atoms with E-state index in [1.165, 1.54) is 4.90 Å². The molecule has 1 aromatic rings. The van der Waals surface area contributed by atoms with Gasteiger partial charge in [0.25, 0.3) is 5.91 Å². The summed E-state index contributed by atoms with van der Waals surface area (Å²) in [5.74, 6) is -1.30. The van der Waals surface area contributed by atoms with Gasteiger partial charge in [0.1, 0.15) is 15.8 Å². The Bertz CT molecular complexity index is 506. The second-order valence-electron chi connectivity index (χ2n) is 4.48. The molecule has 1 fully saturated rings. The molecular formula is C12H13BrN2O3. The van der Waals surface area contributed by atoms with Gasteiger partial charge in [0.2, 0.25) is 0 Å². The zero-order valence-corrected chi connectivity index (χ0v) is 11.5. The largest absolute Gasteiger partial charge is 0.480 e. The van der Waals surface area contributed by atoms with Crippen LogP contribution in [0, 0.1) is 0 Å². The molecule has 0 aliphatic carbocycles. The Kier molecular flexibility index (Phi) is 3.38. The second-order valence-corrected chi connectivity index (χ2v) is 5.30. The maximum atomic E-state index is 12.3. The lowest BCUT2D eigenvalue weighted by atomic mass is 9.99. The Labute approximate surface area is 113 Å². The molecule has 0 saturated carbocycles. The smallest absolute Gasteiger partial charge is 0.329 e. The van der Waals surface area contributed by atoms with E-state index in [-0.39, 0.29) is 11.6 Å². The molecule has 18 heavy (non-hydrogen) atoms. The fraction of sp³-hybridized carbons (Fsp3) is 0.417. The van der Waals surface area contributed by atoms with Crippen molar-refractivity contribution in [1.29, 1.82) is 0 Å². The number of rotatable bonds is 2. The number of aliphatic carboxylic acids is 1. The highest BCUT2D eigenvalue weighted by molar-refractivity contribution is 9.10. The van der Waals surface area contributed by atoms with Gasteiger partial charge in [-0.05, 0) is 47.8 Å². The first-order valence-electron chi connectivity index (χ1n) is 5.63. The van der Waals surface area contributed by atoms with E-state index in [9.17, 15) is 14.7 Å². The van der Waals surface area contributed by atoms with Crippen molar-refractivity contribution < 1.29 is 14.7 Å². The number of nitrogens with zero attached hydrogens (tertiary/aromatic N) is 2. The average molecular weight is 313 g/mol. The summed E-state index contributed by atoms with van der Waals surface area (Å²) in [6.07, 6.45) is 1.17. The molecular weight excluding hydrogens is 300 g/mol. The minimum atomic E-state index is -1.12. The average Bonchev–Trinajstić information content (AvgIpc) is 2.72. The first-order valence-corrected chi connectivity index (χ1v) is 6.42. The topological polar surface area (TPSA) is 70.5 Å². The summed E-state index contributed by atoms with van der Waals surface area (Å²) in [5.41, 5.74) is -0.861. The summed E-state index contributed by atoms with van der Waals surface area (Å²) in [6, 6.07) is 5.02. The summed E-state index contributed by atoms with van der Waals surface area (Å²) in [4.78, 5) is 29.1. The lowest BCUT2D eigenvalue weighted by molar-refractivity contribution is -0.147. The number of carboxylic acid groups (broad SMARTS) is 1. The number of halogens is 1. The van der Waals surface area contributed by atoms with Gasteiger partial charge >= 0.3 is 5.97 Å². The van der Waals surface area contributed by atoms with E-state index in [1.54, 1.807) is 25.1 Å². The normalized spacial score (nSPS) is 23.1. The lowest BCUT2D eigenvalue weighted by Gasteiger charge is -2.30. The molecule has 1 aromatic heterocycles. The van der Waals surface area contributed by atoms with Crippen molar-refractivity contribution in [2.75, 3.05) is 6.54 Å². The Morgan fingerprint density at radius 2 is 2.22 bits per heavy atom. The first kappa shape index (κ1) is 13.0. The zero-order chi connectivity index (χ0) is 13.3. The fourth-order valence-corrected chi connectivity index (χ4v) is 2.52. The van der Waals surface area contributed by atoms with Crippen LogP contribution in [-0.2, 0) is 4.79 Å². The van der Waals surface area contributed by atoms with Crippen LogP contribution in [0.5, 0.6) is 0 Å². The van der Waals surface area contributed by atoms with Gasteiger partial charge in [-0.15, -0.1) is 0 Å². The molecule has 96 valence electrons. The maximum Gasteiger partial charge on any atom is 0.329 e. The number of likely N-dealkylation sites (tertiary alicyclic amines) is 1. The Balaban J connectivity index is 2.32. The predicted molar refractivity (Wildman–Crippen MR) is 68.2 cm³/mol. The predicted octanol–water partition coefficient (Wildman–Crippen LogP) is 1.92. The Morgan fingerprint density at radius 1 is 1.50 bits per heavy atom. The molecule has 2 heterocycles. The van der Waals surface area contributed by atoms with Crippen molar-refractivity contribution in [3.05, 3.63) is 28.5 Å². The fourth-order valence-electron chi connectivity index (χ4n) is 2.18. The van der Waals surface area contributed by atoms with Crippen molar-refractivity contribution in [1.82, 2.24) is 9.88 Å². The van der Waals surface area contributed by atoms with Crippen LogP contribution in [0.4, 0.5) is 0 Å². The van der Waals surface area contributed by atoms with Gasteiger partial charge in [0.15, 0.2) is 0 Å². The van der Waals surface area contributed by atoms with Gasteiger partial charge in [0, 0.05) is 6.54 Å². The monoisotopic (exact) mass is 312 g/mol. The molecule has 0 spiro atoms. The number of hydrogen-bond donors (Lipinski definition) is 1. The van der Waals surface area contributed by atoms with Gasteiger partial charge in [0.05, 0.1) is 0 Å². The van der Waals surface area contributed by atoms with Crippen molar-refractivity contribution in [2.45, 2.75) is 25.3 Å². The van der Waals surface area contributed by atoms with Crippen molar-refractivity contribution in [2.24, 2.45) is 0 Å². The molecule has 2 rings (SSSR count). The van der Waals surface area contributed by atoms with Gasteiger partial charge < -0.3 is 10.0 Å². The molecule has 6 heteroatoms. The lowest BCUT2D eigenvalue weighted by Crippen LogP contribution is -2.50. The summed E-state index contributed by atoms with van der Waals surface area (Å²) in [7, 11) is 0. The van der Waals surface area contributed by atoms with E-state index in [0.717, 1.165) is 0 Å². The molecule has 1 saturated heterocycles. The van der Waals surface area contributed by atoms with Crippen LogP contribution in [0.15, 0.2) is 22.8 Å². The molecule has 0 radical (unpaired) electrons. The SMILES string of the molecule is CC1(C(=O)O)CCCN1C(=O)c1cccc(Br)n1. The third-order valence-electron chi connectivity index (χ3n) is 3.28. The van der Waals surface area contributed by atoms with Crippen LogP contribution in [0.3, 0.4) is 0 Å². The van der Waals surface area contributed by atoms with Gasteiger partial charge in [-0.1, -0.05) is 6.07 Å². The van der Waals surface area contributed by atoms with Crippen molar-refractivity contribution in [3.63, 3.8) is 0 Å². The van der Waals surface area contributed by atoms with Gasteiger partial charge in [-0.3, -0.25) is 4.79 Å². The van der Waals surface area contributed by atoms with Crippen LogP contribution in [-0.4, -0.2) is 39.0 Å². The van der Waals surface area contributed by atoms with Crippen molar-refractivity contribution in [3.8, 4) is 0 Å². The maximum absolute atomic E-state index is 12.3. The highest BCUT2D eigenvalue weighted by Gasteiger charge is 2.46. The molecule has 1 atom stereocenters. The van der Waals surface area contributed by atoms with Crippen LogP contribution >= 0.6 is 15.9 Å². The number of carboxylic acids is 1. The quantitative estimate of drug-likeness (QED) is 0.847. The summed E-state index contributed by atoms with van der Waals surface area (Å²) in [6.45, 7) is 2.04. The first-order chi connectivity index (χ1) is 8.45. The van der Waals surface area contributed by atoms with Crippen LogP contribution in [0.1, 0.15) is 30.3 Å². The molecule has 1 N–H and O–H groups in total. The number of carbonyl (C=O) groups is 2. The van der Waals surface area contributed by atoms with E-state index in [2.05, 4.69) is 20.9 Å². The molecule has 1 aliphatic heterocycles. The summed E-state index contributed by atoms with van der Waals surface area (Å²) >= 11 is 3.20. The molecule has 1 amide bonds. The van der Waals surface area contributed by atoms with Gasteiger partial charge in [-0.2, -0.15) is 0 Å². The Hall–Kier alpha value is -1.43. The summed E-state index contributed by atoms with van der Waals surface area (Å²) in [5, 5.41) is 9.27. The molecule has 1 unspecified atom stereocenters. The van der Waals surface area contributed by atoms with Crippen LogP contribution in [0.2, 0.25) is 0 Å². The summed E-state index contributed by atoms with van der Waals surface area (Å²) < 4.78 is 0.560. The van der Waals surface area contributed by atoms with Gasteiger partial charge in [-0.25, -0.2) is 9.78 Å². The third kappa shape index (κ3) is 2.12. The highest BCUT2D eigenvalue weighted by Crippen LogP contribution is 2.30. The van der Waals surface area contributed by atoms with Crippen molar-refractivity contribution >= 4 is 27.8 Å². The second kappa shape index (κ2) is 4.68. The van der Waals surface area contributed by atoms with Crippen LogP contribution in [0.25, 0.3) is 0 Å². The molecule has 0 aromatic carbocycles. The van der Waals surface area contributed by atoms with E-state index in [0.29, 0.717) is 24.0 Å². The minimum absolute atomic E-state index is 0.263. The number of amides is 1. The van der Waals surface area contributed by atoms with E-state index >= 15 is 0 Å². The highest BCUT2D eigenvalue weighted by atomic mass is 79.9. The third-order valence-corrected chi connectivity index (χ3v) is 3.72. The van der Waals surface area contributed by atoms with E-state index < -0.39 is 11.5 Å². The van der Waals surface area contributed by atoms with E-state index in [4.69, 9.17) is 0 Å². The van der Waals surface area contributed by atoms with Crippen LogP contribution < -0.4 is 0 Å². The number of carbonyl (C=O) groups excluding carboxylic acids is 1. The minimum Gasteiger partial charge on any atom is -0.480 e. The molecule has 0 bridgehead atoms. The Morgan fingerprint density at radius 3 is 2.83 bits per heavy atom. The molecule has 1 aliphatic rings. The number of pyridine rings is 1.